The minimum Gasteiger partial charge on any atom is -0.347 e. The molecule has 4 rings (SSSR count). The van der Waals surface area contributed by atoms with Crippen LogP contribution in [-0.4, -0.2) is 19.5 Å². The number of aromatic amines is 1. The number of rotatable bonds is 4. The highest BCUT2D eigenvalue weighted by Crippen LogP contribution is 2.23. The molecule has 0 saturated heterocycles. The Morgan fingerprint density at radius 1 is 1.19 bits per heavy atom. The van der Waals surface area contributed by atoms with Crippen molar-refractivity contribution in [1.82, 2.24) is 19.5 Å². The fraction of sp³-hybridized carbons (Fsp3) is 0.105. The van der Waals surface area contributed by atoms with Gasteiger partial charge in [0, 0.05) is 29.5 Å². The van der Waals surface area contributed by atoms with E-state index in [1.807, 2.05) is 60.3 Å². The molecule has 7 heteroatoms. The number of hydrogen-bond donors (Lipinski definition) is 2. The number of aromatic nitrogens is 4. The average molecular weight is 366 g/mol. The van der Waals surface area contributed by atoms with Crippen LogP contribution in [0.15, 0.2) is 65.8 Å². The number of pyridine rings is 1. The maximum absolute atomic E-state index is 12.5. The molecule has 2 N–H and O–H groups in total. The minimum atomic E-state index is -0.276. The first-order valence-corrected chi connectivity index (χ1v) is 8.54. The Hall–Kier alpha value is -3.12. The summed E-state index contributed by atoms with van der Waals surface area (Å²) in [7, 11) is 0. The molecule has 26 heavy (non-hydrogen) atoms. The van der Waals surface area contributed by atoms with Gasteiger partial charge in [0.15, 0.2) is 0 Å². The van der Waals surface area contributed by atoms with E-state index in [0.717, 1.165) is 11.2 Å². The van der Waals surface area contributed by atoms with Gasteiger partial charge < -0.3 is 14.9 Å². The monoisotopic (exact) mass is 365 g/mol. The van der Waals surface area contributed by atoms with Crippen LogP contribution >= 0.6 is 11.6 Å². The molecule has 3 heterocycles. The first kappa shape index (κ1) is 16.4. The maximum Gasteiger partial charge on any atom is 0.253 e. The molecule has 6 nitrogen and oxygen atoms in total. The Morgan fingerprint density at radius 2 is 2.00 bits per heavy atom. The third-order valence-electron chi connectivity index (χ3n) is 4.18. The van der Waals surface area contributed by atoms with Gasteiger partial charge in [0.25, 0.3) is 5.56 Å². The second kappa shape index (κ2) is 6.65. The van der Waals surface area contributed by atoms with Crippen molar-refractivity contribution in [3.63, 3.8) is 0 Å². The molecule has 0 aliphatic carbocycles. The van der Waals surface area contributed by atoms with Gasteiger partial charge in [-0.05, 0) is 37.3 Å². The molecule has 0 amide bonds. The first-order valence-electron chi connectivity index (χ1n) is 8.16. The lowest BCUT2D eigenvalue weighted by Gasteiger charge is -2.15. The molecule has 0 aliphatic rings. The van der Waals surface area contributed by atoms with E-state index < -0.39 is 0 Å². The Morgan fingerprint density at radius 3 is 2.81 bits per heavy atom. The van der Waals surface area contributed by atoms with Gasteiger partial charge in [0.2, 0.25) is 5.95 Å². The summed E-state index contributed by atoms with van der Waals surface area (Å²) in [4.78, 5) is 24.1. The number of anilines is 1. The van der Waals surface area contributed by atoms with Gasteiger partial charge in [-0.25, -0.2) is 4.98 Å². The summed E-state index contributed by atoms with van der Waals surface area (Å²) >= 11 is 6.15. The van der Waals surface area contributed by atoms with Gasteiger partial charge in [-0.15, -0.1) is 0 Å². The molecule has 0 spiro atoms. The minimum absolute atomic E-state index is 0.188. The number of nitrogens with zero attached hydrogens (tertiary/aromatic N) is 3. The summed E-state index contributed by atoms with van der Waals surface area (Å²) in [6, 6.07) is 12.8. The summed E-state index contributed by atoms with van der Waals surface area (Å²) in [5.41, 5.74) is 1.04. The van der Waals surface area contributed by atoms with Crippen LogP contribution in [0, 0.1) is 0 Å². The van der Waals surface area contributed by atoms with Crippen molar-refractivity contribution < 1.29 is 0 Å². The van der Waals surface area contributed by atoms with Crippen LogP contribution in [0.5, 0.6) is 0 Å². The van der Waals surface area contributed by atoms with E-state index in [0.29, 0.717) is 22.1 Å². The largest absolute Gasteiger partial charge is 0.347 e. The number of nitrogens with one attached hydrogen (secondary N) is 2. The van der Waals surface area contributed by atoms with Crippen LogP contribution in [0.4, 0.5) is 5.95 Å². The van der Waals surface area contributed by atoms with Crippen molar-refractivity contribution in [1.29, 1.82) is 0 Å². The third kappa shape index (κ3) is 3.07. The van der Waals surface area contributed by atoms with Crippen LogP contribution in [0.1, 0.15) is 18.5 Å². The number of fused-ring (bicyclic) bond motifs is 1. The fourth-order valence-electron chi connectivity index (χ4n) is 2.85. The van der Waals surface area contributed by atoms with E-state index in [1.165, 1.54) is 0 Å². The standard InChI is InChI=1S/C19H16ClN5O/c1-12(14-11-13-5-4-6-15(20)17(13)24-18(14)26)22-19-21-8-7-16(23-19)25-9-2-3-10-25/h2-12H,1H3,(H,24,26)(H,21,22,23)/t12-/m0/s1. The zero-order chi connectivity index (χ0) is 18.1. The number of para-hydroxylation sites is 1. The van der Waals surface area contributed by atoms with Gasteiger partial charge in [-0.1, -0.05) is 23.7 Å². The maximum atomic E-state index is 12.5. The lowest BCUT2D eigenvalue weighted by atomic mass is 10.1. The third-order valence-corrected chi connectivity index (χ3v) is 4.49. The van der Waals surface area contributed by atoms with Crippen molar-refractivity contribution in [2.24, 2.45) is 0 Å². The molecule has 130 valence electrons. The molecule has 0 saturated carbocycles. The molecule has 0 unspecified atom stereocenters. The SMILES string of the molecule is C[C@H](Nc1nccc(-n2cccc2)n1)c1cc2cccc(Cl)c2[nH]c1=O. The Bertz CT molecular complexity index is 1120. The van der Waals surface area contributed by atoms with E-state index in [-0.39, 0.29) is 11.6 Å². The molecule has 0 radical (unpaired) electrons. The average Bonchev–Trinajstić information content (AvgIpc) is 3.17. The van der Waals surface area contributed by atoms with E-state index >= 15 is 0 Å². The van der Waals surface area contributed by atoms with Crippen molar-refractivity contribution in [2.75, 3.05) is 5.32 Å². The highest BCUT2D eigenvalue weighted by Gasteiger charge is 2.13. The number of hydrogen-bond acceptors (Lipinski definition) is 4. The number of halogens is 1. The second-order valence-corrected chi connectivity index (χ2v) is 6.36. The molecule has 3 aromatic heterocycles. The first-order chi connectivity index (χ1) is 12.6. The van der Waals surface area contributed by atoms with Gasteiger partial charge in [0.05, 0.1) is 16.6 Å². The summed E-state index contributed by atoms with van der Waals surface area (Å²) < 4.78 is 1.89. The van der Waals surface area contributed by atoms with Crippen LogP contribution in [0.25, 0.3) is 16.7 Å². The Balaban J connectivity index is 1.66. The van der Waals surface area contributed by atoms with Gasteiger partial charge in [-0.2, -0.15) is 4.98 Å². The van der Waals surface area contributed by atoms with Gasteiger partial charge in [-0.3, -0.25) is 4.79 Å². The van der Waals surface area contributed by atoms with Crippen LogP contribution in [-0.2, 0) is 0 Å². The Kier molecular flexibility index (Phi) is 4.18. The normalized spacial score (nSPS) is 12.2. The van der Waals surface area contributed by atoms with E-state index in [2.05, 4.69) is 20.3 Å². The number of benzene rings is 1. The van der Waals surface area contributed by atoms with Crippen molar-refractivity contribution in [3.8, 4) is 5.82 Å². The number of H-pyrrole nitrogens is 1. The molecule has 4 aromatic rings. The van der Waals surface area contributed by atoms with Crippen molar-refractivity contribution in [3.05, 3.63) is 82.0 Å². The lowest BCUT2D eigenvalue weighted by Crippen LogP contribution is -2.20. The highest BCUT2D eigenvalue weighted by molar-refractivity contribution is 6.35. The molecule has 0 fully saturated rings. The summed E-state index contributed by atoms with van der Waals surface area (Å²) in [6.07, 6.45) is 5.50. The van der Waals surface area contributed by atoms with Crippen molar-refractivity contribution in [2.45, 2.75) is 13.0 Å². The highest BCUT2D eigenvalue weighted by atomic mass is 35.5. The van der Waals surface area contributed by atoms with Gasteiger partial charge >= 0.3 is 0 Å². The predicted molar refractivity (Wildman–Crippen MR) is 103 cm³/mol. The van der Waals surface area contributed by atoms with E-state index in [9.17, 15) is 4.79 Å². The molecular formula is C19H16ClN5O. The smallest absolute Gasteiger partial charge is 0.253 e. The quantitative estimate of drug-likeness (QED) is 0.574. The zero-order valence-electron chi connectivity index (χ0n) is 14.0. The van der Waals surface area contributed by atoms with Crippen LogP contribution in [0.3, 0.4) is 0 Å². The van der Waals surface area contributed by atoms with Crippen LogP contribution < -0.4 is 10.9 Å². The summed E-state index contributed by atoms with van der Waals surface area (Å²) in [5, 5.41) is 4.59. The second-order valence-electron chi connectivity index (χ2n) is 5.95. The predicted octanol–water partition coefficient (Wildman–Crippen LogP) is 3.94. The topological polar surface area (TPSA) is 75.6 Å². The molecular weight excluding hydrogens is 350 g/mol. The fourth-order valence-corrected chi connectivity index (χ4v) is 3.08. The van der Waals surface area contributed by atoms with E-state index in [4.69, 9.17) is 11.6 Å². The summed E-state index contributed by atoms with van der Waals surface area (Å²) in [5.74, 6) is 1.20. The summed E-state index contributed by atoms with van der Waals surface area (Å²) in [6.45, 7) is 1.90. The molecule has 0 bridgehead atoms. The lowest BCUT2D eigenvalue weighted by molar-refractivity contribution is 0.839. The van der Waals surface area contributed by atoms with Gasteiger partial charge in [0.1, 0.15) is 5.82 Å². The van der Waals surface area contributed by atoms with Crippen molar-refractivity contribution >= 4 is 28.5 Å². The van der Waals surface area contributed by atoms with E-state index in [1.54, 1.807) is 12.3 Å². The zero-order valence-corrected chi connectivity index (χ0v) is 14.7. The molecule has 1 atom stereocenters. The molecule has 1 aromatic carbocycles. The van der Waals surface area contributed by atoms with Crippen LogP contribution in [0.2, 0.25) is 5.02 Å². The Labute approximate surface area is 154 Å². The molecule has 0 aliphatic heterocycles.